The van der Waals surface area contributed by atoms with Gasteiger partial charge in [-0.1, -0.05) is 50.9 Å². The molecule has 120 valence electrons. The molecule has 0 fully saturated rings. The molecule has 0 atom stereocenters. The summed E-state index contributed by atoms with van der Waals surface area (Å²) in [6, 6.07) is 2.70. The van der Waals surface area contributed by atoms with Crippen molar-refractivity contribution in [3.05, 3.63) is 22.2 Å². The van der Waals surface area contributed by atoms with Crippen molar-refractivity contribution in [1.29, 1.82) is 0 Å². The molecule has 1 aromatic rings. The molecule has 1 N–H and O–H groups in total. The van der Waals surface area contributed by atoms with Crippen LogP contribution in [0.3, 0.4) is 0 Å². The molecule has 0 amide bonds. The molecule has 0 bridgehead atoms. The molecule has 4 nitrogen and oxygen atoms in total. The molecule has 1 aromatic carbocycles. The van der Waals surface area contributed by atoms with Crippen molar-refractivity contribution < 1.29 is 13.2 Å². The molecule has 0 aliphatic heterocycles. The fraction of sp³-hybridized carbons (Fsp3) is 0.571. The van der Waals surface area contributed by atoms with Crippen LogP contribution in [0, 0.1) is 11.8 Å². The average Bonchev–Trinajstić information content (AvgIpc) is 2.38. The number of sulfonamides is 1. The molecule has 0 saturated heterocycles. The molecule has 1 rings (SSSR count). The van der Waals surface area contributed by atoms with Crippen LogP contribution in [-0.4, -0.2) is 21.6 Å². The third kappa shape index (κ3) is 4.25. The largest absolute Gasteiger partial charge is 0.495 e. The summed E-state index contributed by atoms with van der Waals surface area (Å²) in [4.78, 5) is -0.0405. The minimum absolute atomic E-state index is 0.0326. The number of rotatable bonds is 6. The lowest BCUT2D eigenvalue weighted by molar-refractivity contribution is 0.355. The zero-order chi connectivity index (χ0) is 16.4. The summed E-state index contributed by atoms with van der Waals surface area (Å²) in [5, 5.41) is 0.0578. The maximum Gasteiger partial charge on any atom is 0.242 e. The Bertz CT molecular complexity index is 592. The third-order valence-corrected chi connectivity index (χ3v) is 5.73. The maximum atomic E-state index is 12.5. The van der Waals surface area contributed by atoms with Gasteiger partial charge in [-0.15, -0.1) is 0 Å². The van der Waals surface area contributed by atoms with Gasteiger partial charge in [0.2, 0.25) is 10.0 Å². The normalized spacial score (nSPS) is 12.5. The first kappa shape index (κ1) is 18.6. The van der Waals surface area contributed by atoms with Crippen LogP contribution in [0.5, 0.6) is 5.75 Å². The van der Waals surface area contributed by atoms with Crippen molar-refractivity contribution >= 4 is 33.2 Å². The Balaban J connectivity index is 3.23. The quantitative estimate of drug-likeness (QED) is 0.841. The van der Waals surface area contributed by atoms with E-state index in [0.717, 1.165) is 0 Å². The Kier molecular flexibility index (Phi) is 6.35. The molecule has 0 aliphatic rings. The minimum atomic E-state index is -3.75. The van der Waals surface area contributed by atoms with Crippen LogP contribution in [0.1, 0.15) is 27.7 Å². The first-order valence-electron chi connectivity index (χ1n) is 6.66. The van der Waals surface area contributed by atoms with Gasteiger partial charge in [-0.05, 0) is 24.0 Å². The van der Waals surface area contributed by atoms with Crippen LogP contribution >= 0.6 is 23.2 Å². The van der Waals surface area contributed by atoms with Crippen LogP contribution in [0.15, 0.2) is 17.0 Å². The van der Waals surface area contributed by atoms with Crippen molar-refractivity contribution in [2.24, 2.45) is 11.8 Å². The summed E-state index contributed by atoms with van der Waals surface area (Å²) >= 11 is 12.1. The summed E-state index contributed by atoms with van der Waals surface area (Å²) in [5.74, 6) is 0.657. The second-order valence-electron chi connectivity index (χ2n) is 5.53. The predicted octanol–water partition coefficient (Wildman–Crippen LogP) is 3.96. The lowest BCUT2D eigenvalue weighted by Gasteiger charge is -2.26. The number of hydrogen-bond acceptors (Lipinski definition) is 3. The number of halogens is 2. The fourth-order valence-electron chi connectivity index (χ4n) is 2.16. The van der Waals surface area contributed by atoms with Gasteiger partial charge in [0.1, 0.15) is 15.7 Å². The molecule has 21 heavy (non-hydrogen) atoms. The summed E-state index contributed by atoms with van der Waals surface area (Å²) in [6.07, 6.45) is 0. The van der Waals surface area contributed by atoms with Crippen molar-refractivity contribution in [2.75, 3.05) is 7.11 Å². The van der Waals surface area contributed by atoms with E-state index >= 15 is 0 Å². The van der Waals surface area contributed by atoms with E-state index in [4.69, 9.17) is 27.9 Å². The number of ether oxygens (including phenoxy) is 1. The van der Waals surface area contributed by atoms with Crippen LogP contribution in [-0.2, 0) is 10.0 Å². The molecule has 0 aliphatic carbocycles. The molecule has 7 heteroatoms. The van der Waals surface area contributed by atoms with Gasteiger partial charge < -0.3 is 4.74 Å². The van der Waals surface area contributed by atoms with Gasteiger partial charge in [-0.2, -0.15) is 0 Å². The zero-order valence-electron chi connectivity index (χ0n) is 12.8. The Morgan fingerprint density at radius 2 is 1.57 bits per heavy atom. The van der Waals surface area contributed by atoms with Gasteiger partial charge in [0.05, 0.1) is 12.1 Å². The fourth-order valence-corrected chi connectivity index (χ4v) is 4.54. The highest BCUT2D eigenvalue weighted by molar-refractivity contribution is 7.89. The number of nitrogens with one attached hydrogen (secondary N) is 1. The first-order chi connectivity index (χ1) is 9.61. The SMILES string of the molecule is COc1ccc(S(=O)(=O)NC(C(C)C)C(C)C)c(Cl)c1Cl. The second kappa shape index (κ2) is 7.18. The van der Waals surface area contributed by atoms with Crippen molar-refractivity contribution in [2.45, 2.75) is 38.6 Å². The van der Waals surface area contributed by atoms with E-state index in [0.29, 0.717) is 5.75 Å². The van der Waals surface area contributed by atoms with E-state index in [2.05, 4.69) is 4.72 Å². The Morgan fingerprint density at radius 1 is 1.05 bits per heavy atom. The zero-order valence-corrected chi connectivity index (χ0v) is 15.1. The third-order valence-electron chi connectivity index (χ3n) is 3.25. The topological polar surface area (TPSA) is 55.4 Å². The monoisotopic (exact) mass is 353 g/mol. The molecule has 0 aromatic heterocycles. The van der Waals surface area contributed by atoms with Gasteiger partial charge in [0, 0.05) is 6.04 Å². The predicted molar refractivity (Wildman–Crippen MR) is 86.8 cm³/mol. The van der Waals surface area contributed by atoms with Gasteiger partial charge in [-0.3, -0.25) is 0 Å². The summed E-state index contributed by atoms with van der Waals surface area (Å²) < 4.78 is 32.8. The molecule has 0 saturated carbocycles. The standard InChI is InChI=1S/C14H21Cl2NO3S/c1-8(2)14(9(3)4)17-21(18,19)11-7-6-10(20-5)12(15)13(11)16/h6-9,14,17H,1-5H3. The van der Waals surface area contributed by atoms with E-state index in [9.17, 15) is 8.42 Å². The summed E-state index contributed by atoms with van der Waals surface area (Å²) in [7, 11) is -2.31. The lowest BCUT2D eigenvalue weighted by Crippen LogP contribution is -2.42. The van der Waals surface area contributed by atoms with Crippen molar-refractivity contribution in [3.8, 4) is 5.75 Å². The molecule has 0 heterocycles. The van der Waals surface area contributed by atoms with Crippen molar-refractivity contribution in [1.82, 2.24) is 4.72 Å². The number of benzene rings is 1. The van der Waals surface area contributed by atoms with E-state index < -0.39 is 10.0 Å². The highest BCUT2D eigenvalue weighted by Gasteiger charge is 2.27. The number of methoxy groups -OCH3 is 1. The summed E-state index contributed by atoms with van der Waals surface area (Å²) in [6.45, 7) is 7.87. The molecule has 0 radical (unpaired) electrons. The Hall–Kier alpha value is -0.490. The van der Waals surface area contributed by atoms with E-state index in [1.165, 1.54) is 19.2 Å². The Labute approximate surface area is 136 Å². The van der Waals surface area contributed by atoms with E-state index in [-0.39, 0.29) is 32.8 Å². The molecular weight excluding hydrogens is 333 g/mol. The van der Waals surface area contributed by atoms with Crippen LogP contribution in [0.25, 0.3) is 0 Å². The van der Waals surface area contributed by atoms with Crippen LogP contribution in [0.2, 0.25) is 10.0 Å². The van der Waals surface area contributed by atoms with Gasteiger partial charge in [0.25, 0.3) is 0 Å². The smallest absolute Gasteiger partial charge is 0.242 e. The van der Waals surface area contributed by atoms with E-state index in [1.54, 1.807) is 0 Å². The molecule has 0 unspecified atom stereocenters. The first-order valence-corrected chi connectivity index (χ1v) is 8.90. The highest BCUT2D eigenvalue weighted by atomic mass is 35.5. The van der Waals surface area contributed by atoms with E-state index in [1.807, 2.05) is 27.7 Å². The van der Waals surface area contributed by atoms with Crippen molar-refractivity contribution in [3.63, 3.8) is 0 Å². The molecular formula is C14H21Cl2NO3S. The second-order valence-corrected chi connectivity index (χ2v) is 7.97. The van der Waals surface area contributed by atoms with Gasteiger partial charge in [-0.25, -0.2) is 13.1 Å². The van der Waals surface area contributed by atoms with Gasteiger partial charge >= 0.3 is 0 Å². The maximum absolute atomic E-state index is 12.5. The van der Waals surface area contributed by atoms with Gasteiger partial charge in [0.15, 0.2) is 0 Å². The van der Waals surface area contributed by atoms with Crippen LogP contribution in [0.4, 0.5) is 0 Å². The summed E-state index contributed by atoms with van der Waals surface area (Å²) in [5.41, 5.74) is 0. The number of hydrogen-bond donors (Lipinski definition) is 1. The molecule has 0 spiro atoms. The average molecular weight is 354 g/mol. The van der Waals surface area contributed by atoms with Crippen LogP contribution < -0.4 is 9.46 Å². The minimum Gasteiger partial charge on any atom is -0.495 e. The lowest BCUT2D eigenvalue weighted by atomic mass is 9.94. The Morgan fingerprint density at radius 3 is 2.00 bits per heavy atom. The highest BCUT2D eigenvalue weighted by Crippen LogP contribution is 2.36.